The first-order valence-electron chi connectivity index (χ1n) is 7.86. The number of aromatic nitrogens is 2. The quantitative estimate of drug-likeness (QED) is 0.585. The molecule has 1 N–H and O–H groups in total. The van der Waals surface area contributed by atoms with Crippen LogP contribution in [0.15, 0.2) is 22.5 Å². The molecule has 1 unspecified atom stereocenters. The van der Waals surface area contributed by atoms with Crippen molar-refractivity contribution in [1.82, 2.24) is 10.2 Å². The molecule has 0 spiro atoms. The molecule has 24 heavy (non-hydrogen) atoms. The summed E-state index contributed by atoms with van der Waals surface area (Å²) in [5.74, 6) is 2.06. The van der Waals surface area contributed by atoms with Gasteiger partial charge in [-0.3, -0.25) is 10.1 Å². The summed E-state index contributed by atoms with van der Waals surface area (Å²) in [5, 5.41) is 11.4. The Hall–Kier alpha value is -1.60. The fourth-order valence-electron chi connectivity index (χ4n) is 1.84. The van der Waals surface area contributed by atoms with Crippen LogP contribution < -0.4 is 10.1 Å². The Morgan fingerprint density at radius 3 is 2.75 bits per heavy atom. The Bertz CT molecular complexity index is 701. The van der Waals surface area contributed by atoms with E-state index in [0.717, 1.165) is 27.0 Å². The standard InChI is InChI=1S/C17H23N3O2S2/c1-10(2)9-23-17-20-19-16(24-17)18-15(21)13(5)22-14-8-11(3)6-7-12(14)4/h6-8,10,13H,9H2,1-5H3,(H,18,19,21). The first-order chi connectivity index (χ1) is 11.3. The molecule has 0 saturated carbocycles. The number of nitrogens with one attached hydrogen (secondary N) is 1. The summed E-state index contributed by atoms with van der Waals surface area (Å²) in [7, 11) is 0. The van der Waals surface area contributed by atoms with Gasteiger partial charge in [-0.05, 0) is 43.9 Å². The van der Waals surface area contributed by atoms with E-state index in [0.29, 0.717) is 11.0 Å². The molecule has 0 saturated heterocycles. The van der Waals surface area contributed by atoms with E-state index < -0.39 is 6.10 Å². The Morgan fingerprint density at radius 1 is 1.29 bits per heavy atom. The van der Waals surface area contributed by atoms with Crippen LogP contribution in [0.25, 0.3) is 0 Å². The molecule has 0 aliphatic carbocycles. The number of ether oxygens (including phenoxy) is 1. The lowest BCUT2D eigenvalue weighted by atomic mass is 10.1. The van der Waals surface area contributed by atoms with Crippen LogP contribution in [0.5, 0.6) is 5.75 Å². The molecule has 1 aromatic carbocycles. The average Bonchev–Trinajstić information content (AvgIpc) is 2.96. The number of carbonyl (C=O) groups is 1. The normalized spacial score (nSPS) is 12.2. The number of benzene rings is 1. The third kappa shape index (κ3) is 5.49. The van der Waals surface area contributed by atoms with E-state index in [9.17, 15) is 4.79 Å². The summed E-state index contributed by atoms with van der Waals surface area (Å²) in [6.45, 7) is 10.00. The van der Waals surface area contributed by atoms with Gasteiger partial charge in [-0.2, -0.15) is 0 Å². The van der Waals surface area contributed by atoms with Gasteiger partial charge in [0.1, 0.15) is 5.75 Å². The Balaban J connectivity index is 1.93. The van der Waals surface area contributed by atoms with E-state index in [2.05, 4.69) is 29.4 Å². The van der Waals surface area contributed by atoms with E-state index in [1.165, 1.54) is 11.3 Å². The van der Waals surface area contributed by atoms with Gasteiger partial charge in [-0.25, -0.2) is 0 Å². The molecule has 0 bridgehead atoms. The Labute approximate surface area is 151 Å². The molecule has 130 valence electrons. The molecule has 2 rings (SSSR count). The highest BCUT2D eigenvalue weighted by molar-refractivity contribution is 8.01. The number of carbonyl (C=O) groups excluding carboxylic acids is 1. The van der Waals surface area contributed by atoms with E-state index in [1.54, 1.807) is 18.7 Å². The van der Waals surface area contributed by atoms with Crippen LogP contribution >= 0.6 is 23.1 Å². The van der Waals surface area contributed by atoms with Crippen molar-refractivity contribution in [3.05, 3.63) is 29.3 Å². The molecule has 1 aromatic heterocycles. The molecule has 0 aliphatic rings. The van der Waals surface area contributed by atoms with Gasteiger partial charge >= 0.3 is 0 Å². The van der Waals surface area contributed by atoms with E-state index >= 15 is 0 Å². The second kappa shape index (κ2) is 8.48. The van der Waals surface area contributed by atoms with Crippen molar-refractivity contribution < 1.29 is 9.53 Å². The van der Waals surface area contributed by atoms with Crippen molar-refractivity contribution in [3.8, 4) is 5.75 Å². The van der Waals surface area contributed by atoms with Crippen LogP contribution in [0.4, 0.5) is 5.13 Å². The number of amides is 1. The molecule has 0 aliphatic heterocycles. The van der Waals surface area contributed by atoms with Gasteiger partial charge in [0.05, 0.1) is 0 Å². The third-order valence-corrected chi connectivity index (χ3v) is 5.59. The predicted octanol–water partition coefficient (Wildman–Crippen LogP) is 4.31. The smallest absolute Gasteiger partial charge is 0.266 e. The molecule has 2 aromatic rings. The summed E-state index contributed by atoms with van der Waals surface area (Å²) < 4.78 is 6.65. The van der Waals surface area contributed by atoms with E-state index in [4.69, 9.17) is 4.74 Å². The summed E-state index contributed by atoms with van der Waals surface area (Å²) >= 11 is 3.04. The maximum absolute atomic E-state index is 12.3. The molecule has 7 heteroatoms. The van der Waals surface area contributed by atoms with Crippen molar-refractivity contribution >= 4 is 34.1 Å². The number of nitrogens with zero attached hydrogens (tertiary/aromatic N) is 2. The second-order valence-corrected chi connectivity index (χ2v) is 8.34. The predicted molar refractivity (Wildman–Crippen MR) is 100 cm³/mol. The van der Waals surface area contributed by atoms with Gasteiger partial charge in [0, 0.05) is 5.75 Å². The minimum absolute atomic E-state index is 0.229. The zero-order chi connectivity index (χ0) is 17.7. The van der Waals surface area contributed by atoms with Crippen LogP contribution in [0.1, 0.15) is 31.9 Å². The molecular formula is C17H23N3O2S2. The lowest BCUT2D eigenvalue weighted by Gasteiger charge is -2.15. The van der Waals surface area contributed by atoms with Crippen LogP contribution in [-0.4, -0.2) is 28.0 Å². The van der Waals surface area contributed by atoms with Crippen molar-refractivity contribution in [1.29, 1.82) is 0 Å². The minimum atomic E-state index is -0.610. The number of rotatable bonds is 7. The van der Waals surface area contributed by atoms with Gasteiger partial charge in [0.2, 0.25) is 5.13 Å². The molecule has 1 atom stereocenters. The Kier molecular flexibility index (Phi) is 6.62. The number of anilines is 1. The zero-order valence-corrected chi connectivity index (χ0v) is 16.3. The van der Waals surface area contributed by atoms with E-state index in [1.807, 2.05) is 32.0 Å². The molecule has 0 radical (unpaired) electrons. The molecule has 1 heterocycles. The lowest BCUT2D eigenvalue weighted by molar-refractivity contribution is -0.122. The summed E-state index contributed by atoms with van der Waals surface area (Å²) in [5.41, 5.74) is 2.10. The Morgan fingerprint density at radius 2 is 2.04 bits per heavy atom. The van der Waals surface area contributed by atoms with Crippen LogP contribution in [-0.2, 0) is 4.79 Å². The van der Waals surface area contributed by atoms with Gasteiger partial charge in [-0.15, -0.1) is 10.2 Å². The van der Waals surface area contributed by atoms with Crippen LogP contribution in [0.2, 0.25) is 0 Å². The number of thioether (sulfide) groups is 1. The summed E-state index contributed by atoms with van der Waals surface area (Å²) in [4.78, 5) is 12.3. The van der Waals surface area contributed by atoms with Crippen molar-refractivity contribution in [2.75, 3.05) is 11.1 Å². The number of hydrogen-bond acceptors (Lipinski definition) is 6. The fourth-order valence-corrected chi connectivity index (χ4v) is 3.57. The number of hydrogen-bond donors (Lipinski definition) is 1. The van der Waals surface area contributed by atoms with E-state index in [-0.39, 0.29) is 5.91 Å². The zero-order valence-electron chi connectivity index (χ0n) is 14.6. The first-order valence-corrected chi connectivity index (χ1v) is 9.66. The summed E-state index contributed by atoms with van der Waals surface area (Å²) in [6.07, 6.45) is -0.610. The first kappa shape index (κ1) is 18.7. The highest BCUT2D eigenvalue weighted by Gasteiger charge is 2.18. The SMILES string of the molecule is Cc1ccc(C)c(OC(C)C(=O)Nc2nnc(SCC(C)C)s2)c1. The summed E-state index contributed by atoms with van der Waals surface area (Å²) in [6, 6.07) is 5.94. The molecule has 5 nitrogen and oxygen atoms in total. The minimum Gasteiger partial charge on any atom is -0.481 e. The van der Waals surface area contributed by atoms with Gasteiger partial charge in [0.15, 0.2) is 10.4 Å². The van der Waals surface area contributed by atoms with Crippen molar-refractivity contribution in [2.45, 2.75) is 45.1 Å². The number of aryl methyl sites for hydroxylation is 2. The largest absolute Gasteiger partial charge is 0.481 e. The maximum Gasteiger partial charge on any atom is 0.266 e. The van der Waals surface area contributed by atoms with Gasteiger partial charge in [0.25, 0.3) is 5.91 Å². The van der Waals surface area contributed by atoms with Crippen molar-refractivity contribution in [2.24, 2.45) is 5.92 Å². The van der Waals surface area contributed by atoms with Crippen LogP contribution in [0, 0.1) is 19.8 Å². The maximum atomic E-state index is 12.3. The van der Waals surface area contributed by atoms with Crippen molar-refractivity contribution in [3.63, 3.8) is 0 Å². The third-order valence-electron chi connectivity index (χ3n) is 3.19. The average molecular weight is 366 g/mol. The second-order valence-electron chi connectivity index (χ2n) is 6.10. The lowest BCUT2D eigenvalue weighted by Crippen LogP contribution is -2.30. The molecule has 1 amide bonds. The molecular weight excluding hydrogens is 342 g/mol. The fraction of sp³-hybridized carbons (Fsp3) is 0.471. The topological polar surface area (TPSA) is 64.1 Å². The highest BCUT2D eigenvalue weighted by Crippen LogP contribution is 2.27. The molecule has 0 fully saturated rings. The highest BCUT2D eigenvalue weighted by atomic mass is 32.2. The van der Waals surface area contributed by atoms with Gasteiger partial charge < -0.3 is 4.74 Å². The van der Waals surface area contributed by atoms with Crippen LogP contribution in [0.3, 0.4) is 0 Å². The van der Waals surface area contributed by atoms with Gasteiger partial charge in [-0.1, -0.05) is 49.1 Å². The monoisotopic (exact) mass is 365 g/mol.